The Morgan fingerprint density at radius 1 is 0.976 bits per heavy atom. The van der Waals surface area contributed by atoms with Crippen molar-refractivity contribution in [2.75, 3.05) is 26.9 Å². The molecule has 224 valence electrons. The zero-order valence-electron chi connectivity index (χ0n) is 24.1. The van der Waals surface area contributed by atoms with Crippen molar-refractivity contribution in [1.82, 2.24) is 15.1 Å². The van der Waals surface area contributed by atoms with Gasteiger partial charge in [-0.2, -0.15) is 0 Å². The predicted octanol–water partition coefficient (Wildman–Crippen LogP) is 3.15. The number of nitrogens with one attached hydrogen (secondary N) is 1. The van der Waals surface area contributed by atoms with Crippen LogP contribution in [0.25, 0.3) is 0 Å². The van der Waals surface area contributed by atoms with Crippen molar-refractivity contribution in [1.29, 1.82) is 0 Å². The molecule has 3 heterocycles. The van der Waals surface area contributed by atoms with E-state index in [1.807, 2.05) is 6.07 Å². The third-order valence-corrected chi connectivity index (χ3v) is 7.59. The van der Waals surface area contributed by atoms with Gasteiger partial charge >= 0.3 is 24.1 Å². The first-order chi connectivity index (χ1) is 19.5. The minimum absolute atomic E-state index is 0.0373. The average molecular weight is 574 g/mol. The monoisotopic (exact) mass is 573 g/mol. The van der Waals surface area contributed by atoms with E-state index in [4.69, 9.17) is 18.9 Å². The molecule has 0 radical (unpaired) electrons. The van der Waals surface area contributed by atoms with Crippen LogP contribution in [0.5, 0.6) is 0 Å². The summed E-state index contributed by atoms with van der Waals surface area (Å²) in [6.45, 7) is 6.35. The number of benzene rings is 1. The lowest BCUT2D eigenvalue weighted by molar-refractivity contribution is -0.152. The standard InChI is InChI=1S/C29H39N3O9/c1-29(2,3)23-24(33)32-17-21(14-22(32)26(35)38-4)41-28(37)31-15-19-10-9-18(13-20(19)16-31)25(34)39-11-7-5-6-8-12-40-27(36)30-23/h9-10,13,21-23H,5-8,11-12,14-17H2,1-4H3,(H,30,36)/t21-,22?,23-/m1/s1. The topological polar surface area (TPSA) is 141 Å². The Morgan fingerprint density at radius 3 is 2.34 bits per heavy atom. The molecule has 1 N–H and O–H groups in total. The van der Waals surface area contributed by atoms with Gasteiger partial charge in [-0.05, 0) is 54.4 Å². The van der Waals surface area contributed by atoms with E-state index in [9.17, 15) is 24.0 Å². The van der Waals surface area contributed by atoms with Crippen LogP contribution in [0.3, 0.4) is 0 Å². The first-order valence-electron chi connectivity index (χ1n) is 14.0. The second-order valence-electron chi connectivity index (χ2n) is 11.7. The summed E-state index contributed by atoms with van der Waals surface area (Å²) in [5.41, 5.74) is 1.43. The molecule has 1 saturated heterocycles. The first-order valence-corrected chi connectivity index (χ1v) is 14.0. The van der Waals surface area contributed by atoms with Gasteiger partial charge in [0, 0.05) is 19.5 Å². The number of fused-ring (bicyclic) bond motifs is 4. The minimum atomic E-state index is -1.00. The Hall–Kier alpha value is -3.83. The molecule has 3 amide bonds. The third kappa shape index (κ3) is 7.28. The number of methoxy groups -OCH3 is 1. The molecule has 1 unspecified atom stereocenters. The number of hydrogen-bond donors (Lipinski definition) is 1. The van der Waals surface area contributed by atoms with Crippen LogP contribution < -0.4 is 5.32 Å². The molecule has 3 aliphatic heterocycles. The summed E-state index contributed by atoms with van der Waals surface area (Å²) in [4.78, 5) is 67.5. The molecule has 41 heavy (non-hydrogen) atoms. The minimum Gasteiger partial charge on any atom is -0.467 e. The zero-order valence-corrected chi connectivity index (χ0v) is 24.1. The fraction of sp³-hybridized carbons (Fsp3) is 0.621. The average Bonchev–Trinajstić information content (AvgIpc) is 3.55. The lowest BCUT2D eigenvalue weighted by atomic mass is 9.85. The van der Waals surface area contributed by atoms with Crippen LogP contribution in [0.1, 0.15) is 74.4 Å². The molecule has 0 saturated carbocycles. The van der Waals surface area contributed by atoms with Crippen molar-refractivity contribution < 1.29 is 42.9 Å². The number of alkyl carbamates (subject to hydrolysis) is 1. The van der Waals surface area contributed by atoms with Crippen molar-refractivity contribution in [3.05, 3.63) is 34.9 Å². The highest BCUT2D eigenvalue weighted by molar-refractivity contribution is 5.91. The molecule has 0 spiro atoms. The van der Waals surface area contributed by atoms with E-state index in [1.54, 1.807) is 32.9 Å². The van der Waals surface area contributed by atoms with Gasteiger partial charge in [0.05, 0.1) is 32.4 Å². The SMILES string of the molecule is COC(=O)C1C[C@@H]2CN1C(=O)[C@H](C(C)(C)C)NC(=O)OCCCCCCOC(=O)c1ccc3c(c1)CN(C3)C(=O)O2. The summed E-state index contributed by atoms with van der Waals surface area (Å²) in [6.07, 6.45) is 0.792. The van der Waals surface area contributed by atoms with Crippen LogP contribution in [0.2, 0.25) is 0 Å². The van der Waals surface area contributed by atoms with Crippen molar-refractivity contribution in [3.8, 4) is 0 Å². The number of ether oxygens (including phenoxy) is 4. The zero-order chi connectivity index (χ0) is 29.7. The summed E-state index contributed by atoms with van der Waals surface area (Å²) in [7, 11) is 1.23. The maximum Gasteiger partial charge on any atom is 0.410 e. The van der Waals surface area contributed by atoms with Gasteiger partial charge in [-0.25, -0.2) is 19.2 Å². The molecular formula is C29H39N3O9. The van der Waals surface area contributed by atoms with Crippen molar-refractivity contribution in [2.45, 2.75) is 84.2 Å². The smallest absolute Gasteiger partial charge is 0.410 e. The van der Waals surface area contributed by atoms with Gasteiger partial charge in [-0.3, -0.25) is 9.69 Å². The van der Waals surface area contributed by atoms with E-state index in [2.05, 4.69) is 5.32 Å². The van der Waals surface area contributed by atoms with E-state index in [-0.39, 0.29) is 32.7 Å². The Balaban J connectivity index is 1.55. The summed E-state index contributed by atoms with van der Waals surface area (Å²) in [6, 6.07) is 3.24. The molecule has 1 fully saturated rings. The number of nitrogens with zero attached hydrogens (tertiary/aromatic N) is 2. The fourth-order valence-corrected chi connectivity index (χ4v) is 5.30. The van der Waals surface area contributed by atoms with Crippen LogP contribution in [0, 0.1) is 5.41 Å². The molecule has 3 atom stereocenters. The number of carbonyl (C=O) groups is 5. The van der Waals surface area contributed by atoms with Crippen LogP contribution in [0.4, 0.5) is 9.59 Å². The summed E-state index contributed by atoms with van der Waals surface area (Å²) in [5, 5.41) is 2.67. The summed E-state index contributed by atoms with van der Waals surface area (Å²) >= 11 is 0. The predicted molar refractivity (Wildman–Crippen MR) is 145 cm³/mol. The number of cyclic esters (lactones) is 2. The van der Waals surface area contributed by atoms with Gasteiger partial charge in [0.25, 0.3) is 0 Å². The van der Waals surface area contributed by atoms with E-state index >= 15 is 0 Å². The molecule has 3 aliphatic rings. The Labute approximate surface area is 239 Å². The van der Waals surface area contributed by atoms with Crippen LogP contribution in [0.15, 0.2) is 18.2 Å². The summed E-state index contributed by atoms with van der Waals surface area (Å²) in [5.74, 6) is -1.56. The Morgan fingerprint density at radius 2 is 1.66 bits per heavy atom. The molecule has 12 heteroatoms. The van der Waals surface area contributed by atoms with Crippen LogP contribution >= 0.6 is 0 Å². The lowest BCUT2D eigenvalue weighted by Gasteiger charge is -2.34. The molecule has 1 aromatic rings. The van der Waals surface area contributed by atoms with Crippen molar-refractivity contribution in [2.24, 2.45) is 5.41 Å². The second-order valence-corrected chi connectivity index (χ2v) is 11.7. The van der Waals surface area contributed by atoms with Crippen molar-refractivity contribution in [3.63, 3.8) is 0 Å². The van der Waals surface area contributed by atoms with Crippen LogP contribution in [-0.2, 0) is 41.6 Å². The quantitative estimate of drug-likeness (QED) is 0.396. The van der Waals surface area contributed by atoms with Crippen LogP contribution in [-0.4, -0.2) is 84.9 Å². The Bertz CT molecular complexity index is 1180. The molecule has 4 rings (SSSR count). The molecule has 0 aliphatic carbocycles. The molecule has 0 aromatic heterocycles. The highest BCUT2D eigenvalue weighted by Gasteiger charge is 2.47. The lowest BCUT2D eigenvalue weighted by Crippen LogP contribution is -2.57. The van der Waals surface area contributed by atoms with E-state index < -0.39 is 53.6 Å². The Kier molecular flexibility index (Phi) is 9.39. The highest BCUT2D eigenvalue weighted by atomic mass is 16.6. The normalized spacial score (nSPS) is 24.8. The maximum absolute atomic E-state index is 13.8. The summed E-state index contributed by atoms with van der Waals surface area (Å²) < 4.78 is 21.4. The van der Waals surface area contributed by atoms with Gasteiger partial charge in [-0.1, -0.05) is 26.8 Å². The maximum atomic E-state index is 13.8. The van der Waals surface area contributed by atoms with Gasteiger partial charge in [0.2, 0.25) is 5.91 Å². The van der Waals surface area contributed by atoms with Gasteiger partial charge in [0.15, 0.2) is 0 Å². The number of carbonyl (C=O) groups excluding carboxylic acids is 5. The third-order valence-electron chi connectivity index (χ3n) is 7.59. The number of amides is 3. The fourth-order valence-electron chi connectivity index (χ4n) is 5.30. The molecule has 1 aromatic carbocycles. The number of hydrogen-bond acceptors (Lipinski definition) is 9. The van der Waals surface area contributed by atoms with Crippen molar-refractivity contribution >= 4 is 30.0 Å². The highest BCUT2D eigenvalue weighted by Crippen LogP contribution is 2.30. The van der Waals surface area contributed by atoms with E-state index in [0.29, 0.717) is 24.9 Å². The van der Waals surface area contributed by atoms with E-state index in [0.717, 1.165) is 24.0 Å². The van der Waals surface area contributed by atoms with E-state index in [1.165, 1.54) is 16.9 Å². The first kappa shape index (κ1) is 30.1. The molecular weight excluding hydrogens is 534 g/mol. The van der Waals surface area contributed by atoms with Gasteiger partial charge < -0.3 is 29.2 Å². The number of rotatable bonds is 1. The molecule has 12 nitrogen and oxygen atoms in total. The van der Waals surface area contributed by atoms with Gasteiger partial charge in [-0.15, -0.1) is 0 Å². The van der Waals surface area contributed by atoms with Gasteiger partial charge in [0.1, 0.15) is 18.2 Å². The number of esters is 2. The molecule has 5 bridgehead atoms. The largest absolute Gasteiger partial charge is 0.467 e. The second kappa shape index (κ2) is 12.8.